The van der Waals surface area contributed by atoms with Crippen molar-refractivity contribution in [2.24, 2.45) is 11.3 Å². The van der Waals surface area contributed by atoms with Crippen LogP contribution in [0.5, 0.6) is 0 Å². The van der Waals surface area contributed by atoms with Crippen LogP contribution >= 0.6 is 11.3 Å². The van der Waals surface area contributed by atoms with E-state index in [9.17, 15) is 4.79 Å². The lowest BCUT2D eigenvalue weighted by Crippen LogP contribution is -2.48. The molecule has 1 aliphatic heterocycles. The van der Waals surface area contributed by atoms with Crippen LogP contribution in [0.1, 0.15) is 55.0 Å². The third kappa shape index (κ3) is 3.52. The Morgan fingerprint density at radius 2 is 2.00 bits per heavy atom. The van der Waals surface area contributed by atoms with E-state index >= 15 is 0 Å². The van der Waals surface area contributed by atoms with Gasteiger partial charge in [0.25, 0.3) is 5.91 Å². The Bertz CT molecular complexity index is 890. The number of fused-ring (bicyclic) bond motifs is 2. The van der Waals surface area contributed by atoms with Crippen LogP contribution in [0.25, 0.3) is 10.2 Å². The van der Waals surface area contributed by atoms with Gasteiger partial charge < -0.3 is 15.5 Å². The molecule has 2 N–H and O–H groups in total. The van der Waals surface area contributed by atoms with Crippen molar-refractivity contribution in [2.75, 3.05) is 38.5 Å². The van der Waals surface area contributed by atoms with Gasteiger partial charge in [-0.25, -0.2) is 4.98 Å². The van der Waals surface area contributed by atoms with Crippen LogP contribution in [0.4, 0.5) is 5.69 Å². The molecular formula is C22H32N4OS. The Hall–Kier alpha value is -1.66. The van der Waals surface area contributed by atoms with Gasteiger partial charge in [0.15, 0.2) is 0 Å². The van der Waals surface area contributed by atoms with Gasteiger partial charge in [-0.2, -0.15) is 0 Å². The van der Waals surface area contributed by atoms with Gasteiger partial charge in [-0.15, -0.1) is 11.3 Å². The lowest BCUT2D eigenvalue weighted by molar-refractivity contribution is 0.0649. The maximum Gasteiger partial charge on any atom is 0.266 e. The smallest absolute Gasteiger partial charge is 0.266 e. The summed E-state index contributed by atoms with van der Waals surface area (Å²) >= 11 is 1.47. The quantitative estimate of drug-likeness (QED) is 0.833. The Morgan fingerprint density at radius 3 is 2.64 bits per heavy atom. The molecule has 3 heterocycles. The molecule has 4 rings (SSSR count). The summed E-state index contributed by atoms with van der Waals surface area (Å²) in [5, 5.41) is 0.967. The molecule has 0 bridgehead atoms. The van der Waals surface area contributed by atoms with Gasteiger partial charge in [-0.3, -0.25) is 4.79 Å². The standard InChI is InChI=1S/C22H32N4OS/c1-5-25-8-10-26(11-9-25)21(27)19-18(23)16-13-14-12-15(22(2,3)4)6-7-17(14)24-20(16)28-19/h13,15H,5-12,23H2,1-4H3. The highest BCUT2D eigenvalue weighted by Gasteiger charge is 2.31. The third-order valence-electron chi connectivity index (χ3n) is 6.61. The van der Waals surface area contributed by atoms with Crippen LogP contribution in [0.15, 0.2) is 6.07 Å². The number of nitrogen functional groups attached to an aromatic ring is 1. The van der Waals surface area contributed by atoms with E-state index in [-0.39, 0.29) is 5.91 Å². The largest absolute Gasteiger partial charge is 0.397 e. The van der Waals surface area contributed by atoms with Gasteiger partial charge in [0, 0.05) is 37.3 Å². The van der Waals surface area contributed by atoms with Gasteiger partial charge >= 0.3 is 0 Å². The molecule has 1 amide bonds. The van der Waals surface area contributed by atoms with Gasteiger partial charge in [0.05, 0.1) is 5.69 Å². The second-order valence-electron chi connectivity index (χ2n) is 9.32. The highest BCUT2D eigenvalue weighted by molar-refractivity contribution is 7.21. The number of likely N-dealkylation sites (N-methyl/N-ethyl adjacent to an activating group) is 1. The minimum Gasteiger partial charge on any atom is -0.397 e. The first kappa shape index (κ1) is 19.6. The number of hydrogen-bond acceptors (Lipinski definition) is 5. The van der Waals surface area contributed by atoms with Crippen molar-refractivity contribution in [2.45, 2.75) is 47.0 Å². The van der Waals surface area contributed by atoms with Crippen LogP contribution in [0, 0.1) is 11.3 Å². The Balaban J connectivity index is 1.62. The molecule has 152 valence electrons. The van der Waals surface area contributed by atoms with E-state index in [1.807, 2.05) is 4.90 Å². The number of aromatic nitrogens is 1. The number of carbonyl (C=O) groups is 1. The molecule has 6 heteroatoms. The fraction of sp³-hybridized carbons (Fsp3) is 0.636. The molecule has 2 aromatic rings. The number of piperazine rings is 1. The number of thiophene rings is 1. The Kier molecular flexibility index (Phi) is 5.12. The molecular weight excluding hydrogens is 368 g/mol. The van der Waals surface area contributed by atoms with Crippen LogP contribution in [0.2, 0.25) is 0 Å². The Labute approximate surface area is 171 Å². The normalized spacial score (nSPS) is 21.1. The van der Waals surface area contributed by atoms with Gasteiger partial charge in [-0.05, 0) is 48.8 Å². The molecule has 0 spiro atoms. The van der Waals surface area contributed by atoms with E-state index in [1.54, 1.807) is 0 Å². The summed E-state index contributed by atoms with van der Waals surface area (Å²) in [5.74, 6) is 0.733. The van der Waals surface area contributed by atoms with Crippen molar-refractivity contribution in [3.63, 3.8) is 0 Å². The molecule has 1 saturated heterocycles. The topological polar surface area (TPSA) is 62.5 Å². The zero-order valence-corrected chi connectivity index (χ0v) is 18.4. The second-order valence-corrected chi connectivity index (χ2v) is 10.3. The third-order valence-corrected chi connectivity index (χ3v) is 7.71. The van der Waals surface area contributed by atoms with Crippen molar-refractivity contribution in [1.82, 2.24) is 14.8 Å². The predicted octanol–water partition coefficient (Wildman–Crippen LogP) is 3.81. The maximum absolute atomic E-state index is 13.1. The van der Waals surface area contributed by atoms with Crippen molar-refractivity contribution in [3.05, 3.63) is 22.2 Å². The van der Waals surface area contributed by atoms with Gasteiger partial charge in [0.1, 0.15) is 9.71 Å². The van der Waals surface area contributed by atoms with Crippen molar-refractivity contribution in [3.8, 4) is 0 Å². The molecule has 28 heavy (non-hydrogen) atoms. The summed E-state index contributed by atoms with van der Waals surface area (Å²) in [6, 6.07) is 2.22. The van der Waals surface area contributed by atoms with Gasteiger partial charge in [-0.1, -0.05) is 27.7 Å². The van der Waals surface area contributed by atoms with Crippen LogP contribution in [-0.4, -0.2) is 53.4 Å². The molecule has 5 nitrogen and oxygen atoms in total. The minimum atomic E-state index is 0.0711. The van der Waals surface area contributed by atoms with E-state index in [0.29, 0.717) is 21.9 Å². The van der Waals surface area contributed by atoms with Gasteiger partial charge in [0.2, 0.25) is 0 Å². The summed E-state index contributed by atoms with van der Waals surface area (Å²) in [7, 11) is 0. The summed E-state index contributed by atoms with van der Waals surface area (Å²) in [4.78, 5) is 23.9. The monoisotopic (exact) mass is 400 g/mol. The molecule has 2 aromatic heterocycles. The maximum atomic E-state index is 13.1. The summed E-state index contributed by atoms with van der Waals surface area (Å²) in [6.07, 6.45) is 3.26. The first-order chi connectivity index (χ1) is 13.3. The molecule has 2 aliphatic rings. The number of carbonyl (C=O) groups excluding carboxylic acids is 1. The average molecular weight is 401 g/mol. The fourth-order valence-corrected chi connectivity index (χ4v) is 5.56. The van der Waals surface area contributed by atoms with Crippen molar-refractivity contribution in [1.29, 1.82) is 0 Å². The van der Waals surface area contributed by atoms with Crippen LogP contribution in [0.3, 0.4) is 0 Å². The van der Waals surface area contributed by atoms with E-state index in [0.717, 1.165) is 55.8 Å². The van der Waals surface area contributed by atoms with E-state index in [4.69, 9.17) is 10.7 Å². The number of pyridine rings is 1. The summed E-state index contributed by atoms with van der Waals surface area (Å²) in [5.41, 5.74) is 9.90. The fourth-order valence-electron chi connectivity index (χ4n) is 4.50. The average Bonchev–Trinajstić information content (AvgIpc) is 3.00. The first-order valence-electron chi connectivity index (χ1n) is 10.5. The minimum absolute atomic E-state index is 0.0711. The molecule has 1 aliphatic carbocycles. The van der Waals surface area contributed by atoms with E-state index in [1.165, 1.54) is 29.0 Å². The number of amides is 1. The molecule has 1 fully saturated rings. The van der Waals surface area contributed by atoms with E-state index in [2.05, 4.69) is 38.7 Å². The molecule has 1 atom stereocenters. The molecule has 0 saturated carbocycles. The SMILES string of the molecule is CCN1CCN(C(=O)c2sc3nc4c(cc3c2N)CC(C(C)(C)C)CC4)CC1. The molecule has 1 unspecified atom stereocenters. The number of nitrogens with zero attached hydrogens (tertiary/aromatic N) is 3. The van der Waals surface area contributed by atoms with Crippen molar-refractivity contribution < 1.29 is 4.79 Å². The molecule has 0 radical (unpaired) electrons. The predicted molar refractivity (Wildman–Crippen MR) is 117 cm³/mol. The lowest BCUT2D eigenvalue weighted by Gasteiger charge is -2.34. The summed E-state index contributed by atoms with van der Waals surface area (Å²) < 4.78 is 0. The van der Waals surface area contributed by atoms with Crippen LogP contribution in [-0.2, 0) is 12.8 Å². The number of aryl methyl sites for hydroxylation is 1. The van der Waals surface area contributed by atoms with Crippen LogP contribution < -0.4 is 5.73 Å². The highest BCUT2D eigenvalue weighted by atomic mass is 32.1. The highest BCUT2D eigenvalue weighted by Crippen LogP contribution is 2.40. The Morgan fingerprint density at radius 1 is 1.29 bits per heavy atom. The zero-order chi connectivity index (χ0) is 20.1. The molecule has 0 aromatic carbocycles. The number of nitrogens with two attached hydrogens (primary N) is 1. The van der Waals surface area contributed by atoms with E-state index < -0.39 is 0 Å². The number of hydrogen-bond donors (Lipinski definition) is 1. The number of anilines is 1. The summed E-state index contributed by atoms with van der Waals surface area (Å²) in [6.45, 7) is 13.6. The second kappa shape index (κ2) is 7.30. The lowest BCUT2D eigenvalue weighted by atomic mass is 9.71. The first-order valence-corrected chi connectivity index (χ1v) is 11.3. The van der Waals surface area contributed by atoms with Crippen molar-refractivity contribution >= 4 is 33.1 Å². The number of rotatable bonds is 2. The zero-order valence-electron chi connectivity index (χ0n) is 17.5.